The molecule has 2 aliphatic carbocycles. The van der Waals surface area contributed by atoms with Crippen molar-refractivity contribution in [3.63, 3.8) is 0 Å². The summed E-state index contributed by atoms with van der Waals surface area (Å²) in [6.45, 7) is 3.15. The zero-order valence-electron chi connectivity index (χ0n) is 10.6. The molecule has 0 aromatic heterocycles. The van der Waals surface area contributed by atoms with E-state index in [2.05, 4.69) is 12.2 Å². The Balaban J connectivity index is 1.68. The third-order valence-electron chi connectivity index (χ3n) is 4.64. The Morgan fingerprint density at radius 1 is 1.06 bits per heavy atom. The van der Waals surface area contributed by atoms with Gasteiger partial charge in [-0.3, -0.25) is 0 Å². The Morgan fingerprint density at radius 2 is 1.81 bits per heavy atom. The fraction of sp³-hybridized carbons (Fsp3) is 1.00. The molecule has 2 nitrogen and oxygen atoms in total. The summed E-state index contributed by atoms with van der Waals surface area (Å²) in [5.41, 5.74) is 0. The average molecular weight is 225 g/mol. The van der Waals surface area contributed by atoms with Crippen molar-refractivity contribution in [1.82, 2.24) is 5.32 Å². The van der Waals surface area contributed by atoms with Gasteiger partial charge in [-0.2, -0.15) is 0 Å². The first-order valence-corrected chi connectivity index (χ1v) is 7.19. The lowest BCUT2D eigenvalue weighted by atomic mass is 9.85. The summed E-state index contributed by atoms with van der Waals surface area (Å²) in [6.07, 6.45) is 10.4. The molecule has 3 unspecified atom stereocenters. The van der Waals surface area contributed by atoms with Gasteiger partial charge in [-0.1, -0.05) is 32.6 Å². The fourth-order valence-electron chi connectivity index (χ4n) is 3.41. The summed E-state index contributed by atoms with van der Waals surface area (Å²) in [4.78, 5) is 0. The summed E-state index contributed by atoms with van der Waals surface area (Å²) < 4.78 is 0. The van der Waals surface area contributed by atoms with Gasteiger partial charge in [0, 0.05) is 12.6 Å². The fourth-order valence-corrected chi connectivity index (χ4v) is 3.41. The van der Waals surface area contributed by atoms with E-state index < -0.39 is 0 Å². The lowest BCUT2D eigenvalue weighted by Gasteiger charge is -2.28. The van der Waals surface area contributed by atoms with E-state index in [0.717, 1.165) is 12.5 Å². The summed E-state index contributed by atoms with van der Waals surface area (Å²) in [5, 5.41) is 13.7. The van der Waals surface area contributed by atoms with Gasteiger partial charge >= 0.3 is 0 Å². The second-order valence-corrected chi connectivity index (χ2v) is 5.89. The van der Waals surface area contributed by atoms with E-state index in [9.17, 15) is 5.11 Å². The summed E-state index contributed by atoms with van der Waals surface area (Å²) in [5.74, 6) is 1.37. The van der Waals surface area contributed by atoms with E-state index in [1.807, 2.05) is 0 Å². The average Bonchev–Trinajstić information content (AvgIpc) is 2.73. The van der Waals surface area contributed by atoms with E-state index in [1.165, 1.54) is 51.4 Å². The molecular formula is C14H27NO. The molecule has 0 bridgehead atoms. The summed E-state index contributed by atoms with van der Waals surface area (Å²) in [6, 6.07) is 0.665. The highest BCUT2D eigenvalue weighted by Gasteiger charge is 2.26. The molecule has 0 radical (unpaired) electrons. The number of rotatable bonds is 4. The zero-order chi connectivity index (χ0) is 11.4. The number of hydrogen-bond donors (Lipinski definition) is 2. The van der Waals surface area contributed by atoms with Crippen LogP contribution in [0.15, 0.2) is 0 Å². The van der Waals surface area contributed by atoms with Gasteiger partial charge in [0.15, 0.2) is 0 Å². The van der Waals surface area contributed by atoms with Crippen molar-refractivity contribution in [2.75, 3.05) is 6.54 Å². The zero-order valence-corrected chi connectivity index (χ0v) is 10.6. The summed E-state index contributed by atoms with van der Waals surface area (Å²) >= 11 is 0. The molecule has 2 saturated carbocycles. The van der Waals surface area contributed by atoms with E-state index >= 15 is 0 Å². The molecule has 2 fully saturated rings. The van der Waals surface area contributed by atoms with Crippen LogP contribution in [0.25, 0.3) is 0 Å². The molecule has 0 amide bonds. The van der Waals surface area contributed by atoms with Crippen LogP contribution in [0.3, 0.4) is 0 Å². The Hall–Kier alpha value is -0.0800. The van der Waals surface area contributed by atoms with Crippen molar-refractivity contribution in [1.29, 1.82) is 0 Å². The second-order valence-electron chi connectivity index (χ2n) is 5.89. The number of aliphatic hydroxyl groups excluding tert-OH is 1. The molecule has 2 aliphatic rings. The van der Waals surface area contributed by atoms with Crippen molar-refractivity contribution in [3.05, 3.63) is 0 Å². The molecule has 2 rings (SSSR count). The minimum atomic E-state index is -0.104. The SMILES string of the molecule is CC1CCCC1NCC(O)C1CCCCC1. The van der Waals surface area contributed by atoms with Gasteiger partial charge in [-0.15, -0.1) is 0 Å². The molecule has 2 heteroatoms. The van der Waals surface area contributed by atoms with Crippen molar-refractivity contribution in [2.24, 2.45) is 11.8 Å². The lowest BCUT2D eigenvalue weighted by molar-refractivity contribution is 0.0802. The normalized spacial score (nSPS) is 34.1. The third-order valence-corrected chi connectivity index (χ3v) is 4.64. The van der Waals surface area contributed by atoms with Crippen molar-refractivity contribution in [2.45, 2.75) is 70.4 Å². The molecule has 0 heterocycles. The van der Waals surface area contributed by atoms with Gasteiger partial charge in [-0.05, 0) is 37.5 Å². The molecule has 0 saturated heterocycles. The van der Waals surface area contributed by atoms with Crippen LogP contribution in [-0.4, -0.2) is 23.8 Å². The molecule has 0 aliphatic heterocycles. The minimum absolute atomic E-state index is 0.104. The maximum absolute atomic E-state index is 10.2. The van der Waals surface area contributed by atoms with Gasteiger partial charge < -0.3 is 10.4 Å². The van der Waals surface area contributed by atoms with Crippen LogP contribution in [0.4, 0.5) is 0 Å². The summed E-state index contributed by atoms with van der Waals surface area (Å²) in [7, 11) is 0. The van der Waals surface area contributed by atoms with Gasteiger partial charge in [0.25, 0.3) is 0 Å². The Morgan fingerprint density at radius 3 is 2.44 bits per heavy atom. The first kappa shape index (κ1) is 12.4. The van der Waals surface area contributed by atoms with Crippen LogP contribution in [0, 0.1) is 11.8 Å². The van der Waals surface area contributed by atoms with Crippen molar-refractivity contribution >= 4 is 0 Å². The number of nitrogens with one attached hydrogen (secondary N) is 1. The number of aliphatic hydroxyl groups is 1. The maximum Gasteiger partial charge on any atom is 0.0692 e. The van der Waals surface area contributed by atoms with Crippen LogP contribution in [0.5, 0.6) is 0 Å². The lowest BCUT2D eigenvalue weighted by Crippen LogP contribution is -2.40. The molecule has 0 aromatic carbocycles. The topological polar surface area (TPSA) is 32.3 Å². The molecule has 16 heavy (non-hydrogen) atoms. The predicted molar refractivity (Wildman–Crippen MR) is 67.4 cm³/mol. The number of hydrogen-bond acceptors (Lipinski definition) is 2. The van der Waals surface area contributed by atoms with E-state index in [1.54, 1.807) is 0 Å². The van der Waals surface area contributed by atoms with Gasteiger partial charge in [0.05, 0.1) is 6.10 Å². The van der Waals surface area contributed by atoms with Crippen LogP contribution in [0.1, 0.15) is 58.3 Å². The van der Waals surface area contributed by atoms with Gasteiger partial charge in [0.1, 0.15) is 0 Å². The highest BCUT2D eigenvalue weighted by atomic mass is 16.3. The molecule has 3 atom stereocenters. The quantitative estimate of drug-likeness (QED) is 0.771. The first-order valence-electron chi connectivity index (χ1n) is 7.19. The van der Waals surface area contributed by atoms with Crippen LogP contribution in [0.2, 0.25) is 0 Å². The van der Waals surface area contributed by atoms with Gasteiger partial charge in [-0.25, -0.2) is 0 Å². The van der Waals surface area contributed by atoms with E-state index in [0.29, 0.717) is 12.0 Å². The molecule has 0 aromatic rings. The standard InChI is InChI=1S/C14H27NO/c1-11-6-5-9-13(11)15-10-14(16)12-7-3-2-4-8-12/h11-16H,2-10H2,1H3. The van der Waals surface area contributed by atoms with Crippen molar-refractivity contribution in [3.8, 4) is 0 Å². The van der Waals surface area contributed by atoms with E-state index in [-0.39, 0.29) is 6.10 Å². The third kappa shape index (κ3) is 3.21. The largest absolute Gasteiger partial charge is 0.392 e. The Kier molecular flexibility index (Phi) is 4.66. The smallest absolute Gasteiger partial charge is 0.0692 e. The van der Waals surface area contributed by atoms with E-state index in [4.69, 9.17) is 0 Å². The maximum atomic E-state index is 10.2. The van der Waals surface area contributed by atoms with Crippen LogP contribution >= 0.6 is 0 Å². The highest BCUT2D eigenvalue weighted by Crippen LogP contribution is 2.27. The predicted octanol–water partition coefficient (Wildman–Crippen LogP) is 2.71. The molecule has 94 valence electrons. The first-order chi connectivity index (χ1) is 7.77. The van der Waals surface area contributed by atoms with Crippen molar-refractivity contribution < 1.29 is 5.11 Å². The highest BCUT2D eigenvalue weighted by molar-refractivity contribution is 4.82. The molecule has 2 N–H and O–H groups in total. The Bertz CT molecular complexity index is 201. The second kappa shape index (κ2) is 6.02. The Labute approximate surface area is 99.8 Å². The minimum Gasteiger partial charge on any atom is -0.392 e. The van der Waals surface area contributed by atoms with Gasteiger partial charge in [0.2, 0.25) is 0 Å². The molecule has 0 spiro atoms. The molecular weight excluding hydrogens is 198 g/mol. The van der Waals surface area contributed by atoms with Crippen LogP contribution < -0.4 is 5.32 Å². The van der Waals surface area contributed by atoms with Crippen LogP contribution in [-0.2, 0) is 0 Å². The monoisotopic (exact) mass is 225 g/mol.